The minimum absolute atomic E-state index is 0.621. The van der Waals surface area contributed by atoms with E-state index in [2.05, 4.69) is 33.1 Å². The summed E-state index contributed by atoms with van der Waals surface area (Å²) in [6.07, 6.45) is 0. The molecule has 128 valence electrons. The van der Waals surface area contributed by atoms with E-state index in [1.165, 1.54) is 0 Å². The fourth-order valence-electron chi connectivity index (χ4n) is 2.89. The molecule has 6 heteroatoms. The predicted molar refractivity (Wildman–Crippen MR) is 97.4 cm³/mol. The molecule has 0 radical (unpaired) electrons. The van der Waals surface area contributed by atoms with Gasteiger partial charge < -0.3 is 19.9 Å². The van der Waals surface area contributed by atoms with E-state index in [0.717, 1.165) is 55.7 Å². The lowest BCUT2D eigenvalue weighted by atomic mass is 10.3. The fourth-order valence-corrected chi connectivity index (χ4v) is 2.89. The summed E-state index contributed by atoms with van der Waals surface area (Å²) >= 11 is 0. The summed E-state index contributed by atoms with van der Waals surface area (Å²) in [5.41, 5.74) is 1.88. The quantitative estimate of drug-likeness (QED) is 0.911. The molecule has 1 fully saturated rings. The summed E-state index contributed by atoms with van der Waals surface area (Å²) in [5.74, 6) is 2.42. The normalized spacial score (nSPS) is 15.4. The number of hydrogen-bond acceptors (Lipinski definition) is 6. The molecule has 1 aliphatic heterocycles. The van der Waals surface area contributed by atoms with Crippen molar-refractivity contribution in [3.05, 3.63) is 36.0 Å². The van der Waals surface area contributed by atoms with E-state index in [1.807, 2.05) is 31.2 Å². The number of likely N-dealkylation sites (N-methyl/N-ethyl adjacent to an activating group) is 1. The van der Waals surface area contributed by atoms with Crippen LogP contribution in [0.1, 0.15) is 12.6 Å². The number of benzene rings is 1. The number of rotatable bonds is 5. The summed E-state index contributed by atoms with van der Waals surface area (Å²) < 4.78 is 5.26. The molecular weight excluding hydrogens is 302 g/mol. The van der Waals surface area contributed by atoms with E-state index in [4.69, 9.17) is 9.72 Å². The van der Waals surface area contributed by atoms with Gasteiger partial charge in [0.15, 0.2) is 0 Å². The first kappa shape index (κ1) is 16.5. The second kappa shape index (κ2) is 7.49. The highest BCUT2D eigenvalue weighted by Gasteiger charge is 2.17. The first-order chi connectivity index (χ1) is 11.7. The summed E-state index contributed by atoms with van der Waals surface area (Å²) in [4.78, 5) is 14.0. The highest BCUT2D eigenvalue weighted by Crippen LogP contribution is 2.22. The van der Waals surface area contributed by atoms with E-state index >= 15 is 0 Å². The third-order valence-corrected chi connectivity index (χ3v) is 4.31. The molecule has 6 nitrogen and oxygen atoms in total. The fraction of sp³-hybridized carbons (Fsp3) is 0.444. The number of nitrogens with one attached hydrogen (secondary N) is 1. The Balaban J connectivity index is 1.76. The molecule has 2 aromatic rings. The monoisotopic (exact) mass is 327 g/mol. The van der Waals surface area contributed by atoms with Crippen LogP contribution in [0.25, 0.3) is 0 Å². The SMILES string of the molecule is CCN1CCN(c2cc(C)nc(Nc3cccc(OC)c3)n2)CC1. The second-order valence-electron chi connectivity index (χ2n) is 5.97. The third-order valence-electron chi connectivity index (χ3n) is 4.31. The first-order valence-electron chi connectivity index (χ1n) is 8.42. The molecule has 1 aromatic carbocycles. The van der Waals surface area contributed by atoms with Crippen molar-refractivity contribution in [2.45, 2.75) is 13.8 Å². The number of piperazine rings is 1. The van der Waals surface area contributed by atoms with E-state index in [0.29, 0.717) is 5.95 Å². The van der Waals surface area contributed by atoms with Gasteiger partial charge in [0, 0.05) is 49.7 Å². The van der Waals surface area contributed by atoms with Crippen LogP contribution in [0.4, 0.5) is 17.5 Å². The molecule has 0 saturated carbocycles. The molecule has 1 N–H and O–H groups in total. The lowest BCUT2D eigenvalue weighted by molar-refractivity contribution is 0.270. The Morgan fingerprint density at radius 2 is 1.92 bits per heavy atom. The first-order valence-corrected chi connectivity index (χ1v) is 8.42. The molecular formula is C18H25N5O. The number of hydrogen-bond donors (Lipinski definition) is 1. The Kier molecular flexibility index (Phi) is 5.15. The summed E-state index contributed by atoms with van der Waals surface area (Å²) in [7, 11) is 1.66. The average Bonchev–Trinajstić information content (AvgIpc) is 2.61. The minimum atomic E-state index is 0.621. The average molecular weight is 327 g/mol. The summed E-state index contributed by atoms with van der Waals surface area (Å²) in [6, 6.07) is 9.83. The molecule has 1 saturated heterocycles. The molecule has 0 atom stereocenters. The van der Waals surface area contributed by atoms with Gasteiger partial charge in [-0.1, -0.05) is 13.0 Å². The lowest BCUT2D eigenvalue weighted by Gasteiger charge is -2.34. The molecule has 0 spiro atoms. The van der Waals surface area contributed by atoms with Crippen molar-refractivity contribution in [2.75, 3.05) is 50.1 Å². The molecule has 1 aliphatic rings. The lowest BCUT2D eigenvalue weighted by Crippen LogP contribution is -2.46. The zero-order chi connectivity index (χ0) is 16.9. The molecule has 24 heavy (non-hydrogen) atoms. The molecule has 0 unspecified atom stereocenters. The molecule has 1 aromatic heterocycles. The van der Waals surface area contributed by atoms with Gasteiger partial charge in [0.2, 0.25) is 5.95 Å². The van der Waals surface area contributed by atoms with Gasteiger partial charge in [-0.25, -0.2) is 4.98 Å². The number of aromatic nitrogens is 2. The van der Waals surface area contributed by atoms with Gasteiger partial charge in [-0.05, 0) is 25.6 Å². The molecule has 3 rings (SSSR count). The van der Waals surface area contributed by atoms with Gasteiger partial charge in [-0.2, -0.15) is 4.98 Å². The topological polar surface area (TPSA) is 53.5 Å². The van der Waals surface area contributed by atoms with Crippen molar-refractivity contribution in [3.8, 4) is 5.75 Å². The zero-order valence-electron chi connectivity index (χ0n) is 14.6. The van der Waals surface area contributed by atoms with Crippen molar-refractivity contribution in [1.29, 1.82) is 0 Å². The van der Waals surface area contributed by atoms with Crippen LogP contribution in [-0.2, 0) is 0 Å². The maximum Gasteiger partial charge on any atom is 0.229 e. The number of anilines is 3. The van der Waals surface area contributed by atoms with Crippen LogP contribution in [-0.4, -0.2) is 54.7 Å². The van der Waals surface area contributed by atoms with Crippen molar-refractivity contribution in [1.82, 2.24) is 14.9 Å². The Morgan fingerprint density at radius 1 is 1.12 bits per heavy atom. The van der Waals surface area contributed by atoms with Crippen LogP contribution < -0.4 is 15.0 Å². The largest absolute Gasteiger partial charge is 0.497 e. The highest BCUT2D eigenvalue weighted by atomic mass is 16.5. The van der Waals surface area contributed by atoms with Crippen LogP contribution in [0.2, 0.25) is 0 Å². The van der Waals surface area contributed by atoms with Crippen LogP contribution in [0.15, 0.2) is 30.3 Å². The Morgan fingerprint density at radius 3 is 2.62 bits per heavy atom. The zero-order valence-corrected chi connectivity index (χ0v) is 14.6. The van der Waals surface area contributed by atoms with E-state index in [9.17, 15) is 0 Å². The number of ether oxygens (including phenoxy) is 1. The molecule has 0 bridgehead atoms. The molecule has 0 amide bonds. The highest BCUT2D eigenvalue weighted by molar-refractivity contribution is 5.57. The number of aryl methyl sites for hydroxylation is 1. The van der Waals surface area contributed by atoms with Gasteiger partial charge in [0.05, 0.1) is 7.11 Å². The van der Waals surface area contributed by atoms with Crippen molar-refractivity contribution < 1.29 is 4.74 Å². The smallest absolute Gasteiger partial charge is 0.229 e. The summed E-state index contributed by atoms with van der Waals surface area (Å²) in [5, 5.41) is 3.28. The van der Waals surface area contributed by atoms with Gasteiger partial charge in [-0.3, -0.25) is 0 Å². The maximum atomic E-state index is 5.26. The van der Waals surface area contributed by atoms with Gasteiger partial charge >= 0.3 is 0 Å². The van der Waals surface area contributed by atoms with Crippen molar-refractivity contribution in [2.24, 2.45) is 0 Å². The molecule has 2 heterocycles. The minimum Gasteiger partial charge on any atom is -0.497 e. The standard InChI is InChI=1S/C18H25N5O/c1-4-22-8-10-23(11-9-22)17-12-14(2)19-18(21-17)20-15-6-5-7-16(13-15)24-3/h5-7,12-13H,4,8-11H2,1-3H3,(H,19,20,21). The Hall–Kier alpha value is -2.34. The van der Waals surface area contributed by atoms with Crippen LogP contribution in [0, 0.1) is 6.92 Å². The van der Waals surface area contributed by atoms with Gasteiger partial charge in [0.1, 0.15) is 11.6 Å². The van der Waals surface area contributed by atoms with E-state index < -0.39 is 0 Å². The maximum absolute atomic E-state index is 5.26. The molecule has 0 aliphatic carbocycles. The predicted octanol–water partition coefficient (Wildman–Crippen LogP) is 2.68. The van der Waals surface area contributed by atoms with Crippen LogP contribution in [0.3, 0.4) is 0 Å². The number of nitrogens with zero attached hydrogens (tertiary/aromatic N) is 4. The van der Waals surface area contributed by atoms with Crippen LogP contribution >= 0.6 is 0 Å². The Bertz CT molecular complexity index is 683. The van der Waals surface area contributed by atoms with Gasteiger partial charge in [0.25, 0.3) is 0 Å². The van der Waals surface area contributed by atoms with E-state index in [-0.39, 0.29) is 0 Å². The van der Waals surface area contributed by atoms with Crippen molar-refractivity contribution >= 4 is 17.5 Å². The third kappa shape index (κ3) is 3.94. The number of methoxy groups -OCH3 is 1. The second-order valence-corrected chi connectivity index (χ2v) is 5.97. The van der Waals surface area contributed by atoms with Gasteiger partial charge in [-0.15, -0.1) is 0 Å². The van der Waals surface area contributed by atoms with Crippen molar-refractivity contribution in [3.63, 3.8) is 0 Å². The Labute approximate surface area is 143 Å². The van der Waals surface area contributed by atoms with E-state index in [1.54, 1.807) is 7.11 Å². The van der Waals surface area contributed by atoms with Crippen LogP contribution in [0.5, 0.6) is 5.75 Å². The summed E-state index contributed by atoms with van der Waals surface area (Å²) in [6.45, 7) is 9.49.